The summed E-state index contributed by atoms with van der Waals surface area (Å²) in [5.41, 5.74) is 2.82. The Bertz CT molecular complexity index is 1390. The summed E-state index contributed by atoms with van der Waals surface area (Å²) in [6.45, 7) is 0.178. The zero-order chi connectivity index (χ0) is 25.7. The Morgan fingerprint density at radius 1 is 0.917 bits per heavy atom. The third kappa shape index (κ3) is 5.82. The van der Waals surface area contributed by atoms with Crippen molar-refractivity contribution >= 4 is 34.7 Å². The number of carbonyl (C=O) groups excluding carboxylic acids is 1. The molecule has 0 bridgehead atoms. The van der Waals surface area contributed by atoms with Gasteiger partial charge in [-0.1, -0.05) is 23.7 Å². The second kappa shape index (κ2) is 10.9. The number of carboxylic acid groups (broad SMARTS) is 1. The van der Waals surface area contributed by atoms with E-state index in [9.17, 15) is 14.7 Å². The number of carbonyl (C=O) groups is 2. The van der Waals surface area contributed by atoms with E-state index in [0.29, 0.717) is 10.8 Å². The molecular weight excluding hydrogens is 480 g/mol. The third-order valence-corrected chi connectivity index (χ3v) is 5.79. The lowest BCUT2D eigenvalue weighted by Gasteiger charge is -2.19. The molecule has 182 valence electrons. The number of hydrogen-bond acceptors (Lipinski definition) is 6. The number of halogens is 1. The van der Waals surface area contributed by atoms with Gasteiger partial charge < -0.3 is 19.5 Å². The van der Waals surface area contributed by atoms with E-state index >= 15 is 0 Å². The van der Waals surface area contributed by atoms with Crippen LogP contribution in [0.15, 0.2) is 85.1 Å². The molecular formula is C28H23ClN2O5. The van der Waals surface area contributed by atoms with Crippen molar-refractivity contribution in [1.82, 2.24) is 4.98 Å². The number of aromatic carboxylic acids is 1. The minimum atomic E-state index is -1.16. The Morgan fingerprint density at radius 2 is 1.64 bits per heavy atom. The van der Waals surface area contributed by atoms with E-state index in [2.05, 4.69) is 4.98 Å². The second-order valence-electron chi connectivity index (χ2n) is 7.96. The van der Waals surface area contributed by atoms with Gasteiger partial charge in [-0.2, -0.15) is 0 Å². The first-order valence-corrected chi connectivity index (χ1v) is 11.4. The van der Waals surface area contributed by atoms with Crippen molar-refractivity contribution in [3.05, 3.63) is 112 Å². The fourth-order valence-electron chi connectivity index (χ4n) is 3.55. The van der Waals surface area contributed by atoms with Gasteiger partial charge in [-0.25, -0.2) is 4.79 Å². The van der Waals surface area contributed by atoms with Gasteiger partial charge in [0.2, 0.25) is 5.78 Å². The summed E-state index contributed by atoms with van der Waals surface area (Å²) in [5.74, 6) is -0.628. The Hall–Kier alpha value is -4.36. The maximum absolute atomic E-state index is 13.2. The number of benzene rings is 3. The number of ketones is 1. The fraction of sp³-hybridized carbons (Fsp3) is 0.107. The molecule has 36 heavy (non-hydrogen) atoms. The van der Waals surface area contributed by atoms with E-state index in [4.69, 9.17) is 21.1 Å². The van der Waals surface area contributed by atoms with Gasteiger partial charge >= 0.3 is 5.97 Å². The van der Waals surface area contributed by atoms with Crippen molar-refractivity contribution in [2.75, 3.05) is 19.1 Å². The van der Waals surface area contributed by atoms with Crippen molar-refractivity contribution in [2.45, 2.75) is 6.61 Å². The number of anilines is 2. The van der Waals surface area contributed by atoms with Crippen molar-refractivity contribution in [3.8, 4) is 11.5 Å². The number of methoxy groups -OCH3 is 1. The minimum absolute atomic E-state index is 0.0550. The minimum Gasteiger partial charge on any atom is -0.497 e. The molecule has 0 aliphatic rings. The highest BCUT2D eigenvalue weighted by atomic mass is 35.5. The predicted molar refractivity (Wildman–Crippen MR) is 138 cm³/mol. The predicted octanol–water partition coefficient (Wildman–Crippen LogP) is 6.02. The Balaban J connectivity index is 1.55. The average Bonchev–Trinajstić information content (AvgIpc) is 2.91. The molecule has 1 heterocycles. The molecule has 0 saturated heterocycles. The smallest absolute Gasteiger partial charge is 0.335 e. The maximum atomic E-state index is 13.2. The number of pyridine rings is 1. The Labute approximate surface area is 213 Å². The molecule has 0 atom stereocenters. The topological polar surface area (TPSA) is 89.0 Å². The number of ether oxygens (including phenoxy) is 2. The summed E-state index contributed by atoms with van der Waals surface area (Å²) in [7, 11) is 3.45. The largest absolute Gasteiger partial charge is 0.497 e. The van der Waals surface area contributed by atoms with Gasteiger partial charge in [0.05, 0.1) is 24.6 Å². The zero-order valence-electron chi connectivity index (χ0n) is 19.6. The van der Waals surface area contributed by atoms with Gasteiger partial charge in [-0.05, 0) is 72.3 Å². The van der Waals surface area contributed by atoms with Gasteiger partial charge in [-0.15, -0.1) is 0 Å². The molecule has 7 nitrogen and oxygen atoms in total. The highest BCUT2D eigenvalue weighted by Gasteiger charge is 2.17. The number of nitrogens with zero attached hydrogens (tertiary/aromatic N) is 2. The van der Waals surface area contributed by atoms with Crippen LogP contribution in [0.4, 0.5) is 11.4 Å². The van der Waals surface area contributed by atoms with E-state index in [-0.39, 0.29) is 29.2 Å². The van der Waals surface area contributed by atoms with Crippen LogP contribution in [0, 0.1) is 0 Å². The van der Waals surface area contributed by atoms with Gasteiger partial charge in [0.15, 0.2) is 0 Å². The molecule has 0 aliphatic carbocycles. The Kier molecular flexibility index (Phi) is 7.51. The molecule has 8 heteroatoms. The quantitative estimate of drug-likeness (QED) is 0.280. The van der Waals surface area contributed by atoms with Crippen LogP contribution in [-0.4, -0.2) is 36.0 Å². The van der Waals surface area contributed by atoms with Gasteiger partial charge in [0.1, 0.15) is 23.8 Å². The van der Waals surface area contributed by atoms with Crippen LogP contribution in [0.5, 0.6) is 11.5 Å². The van der Waals surface area contributed by atoms with Crippen molar-refractivity contribution in [2.24, 2.45) is 0 Å². The van der Waals surface area contributed by atoms with Crippen LogP contribution < -0.4 is 14.4 Å². The van der Waals surface area contributed by atoms with Gasteiger partial charge in [0, 0.05) is 23.3 Å². The molecule has 0 fully saturated rings. The van der Waals surface area contributed by atoms with E-state index in [0.717, 1.165) is 16.9 Å². The monoisotopic (exact) mass is 502 g/mol. The van der Waals surface area contributed by atoms with E-state index < -0.39 is 11.8 Å². The first kappa shape index (κ1) is 24.8. The first-order chi connectivity index (χ1) is 17.3. The number of carboxylic acids is 1. The molecule has 0 amide bonds. The highest BCUT2D eigenvalue weighted by Crippen LogP contribution is 2.26. The molecule has 0 saturated carbocycles. The molecule has 4 aromatic rings. The van der Waals surface area contributed by atoms with Gasteiger partial charge in [-0.3, -0.25) is 9.78 Å². The van der Waals surface area contributed by atoms with Gasteiger partial charge in [0.25, 0.3) is 0 Å². The fourth-order valence-corrected chi connectivity index (χ4v) is 3.67. The third-order valence-electron chi connectivity index (χ3n) is 5.54. The number of hydrogen-bond donors (Lipinski definition) is 1. The molecule has 1 aromatic heterocycles. The first-order valence-electron chi connectivity index (χ1n) is 11.0. The van der Waals surface area contributed by atoms with Crippen LogP contribution in [-0.2, 0) is 6.61 Å². The lowest BCUT2D eigenvalue weighted by molar-refractivity contribution is 0.0696. The van der Waals surface area contributed by atoms with Crippen LogP contribution in [0.1, 0.15) is 32.0 Å². The number of rotatable bonds is 9. The summed E-state index contributed by atoms with van der Waals surface area (Å²) in [5, 5.41) is 10.2. The average molecular weight is 503 g/mol. The van der Waals surface area contributed by atoms with Crippen molar-refractivity contribution in [1.29, 1.82) is 0 Å². The van der Waals surface area contributed by atoms with E-state index in [1.807, 2.05) is 48.3 Å². The molecule has 1 N–H and O–H groups in total. The standard InChI is InChI=1S/C28H23ClN2O5/c1-31(22-8-6-21(29)7-9-22)23-10-11-26(30-16-23)27(32)19-13-20(28(33)34)15-25(14-19)36-17-18-4-3-5-24(12-18)35-2/h3-16H,17H2,1-2H3,(H,33,34). The summed E-state index contributed by atoms with van der Waals surface area (Å²) < 4.78 is 11.0. The summed E-state index contributed by atoms with van der Waals surface area (Å²) in [6, 6.07) is 22.3. The lowest BCUT2D eigenvalue weighted by Crippen LogP contribution is -2.11. The second-order valence-corrected chi connectivity index (χ2v) is 8.39. The molecule has 3 aromatic carbocycles. The molecule has 0 aliphatic heterocycles. The number of aromatic nitrogens is 1. The van der Waals surface area contributed by atoms with E-state index in [1.54, 1.807) is 37.6 Å². The summed E-state index contributed by atoms with van der Waals surface area (Å²) in [4.78, 5) is 31.1. The summed E-state index contributed by atoms with van der Waals surface area (Å²) in [6.07, 6.45) is 1.59. The lowest BCUT2D eigenvalue weighted by atomic mass is 10.0. The zero-order valence-corrected chi connectivity index (χ0v) is 20.4. The van der Waals surface area contributed by atoms with Crippen molar-refractivity contribution < 1.29 is 24.2 Å². The van der Waals surface area contributed by atoms with Crippen molar-refractivity contribution in [3.63, 3.8) is 0 Å². The highest BCUT2D eigenvalue weighted by molar-refractivity contribution is 6.30. The SMILES string of the molecule is COc1cccc(COc2cc(C(=O)O)cc(C(=O)c3ccc(N(C)c4ccc(Cl)cc4)cn3)c2)c1. The molecule has 0 unspecified atom stereocenters. The molecule has 4 rings (SSSR count). The van der Waals surface area contributed by atoms with E-state index in [1.165, 1.54) is 18.2 Å². The van der Waals surface area contributed by atoms with Crippen LogP contribution in [0.3, 0.4) is 0 Å². The maximum Gasteiger partial charge on any atom is 0.335 e. The van der Waals surface area contributed by atoms with Crippen LogP contribution >= 0.6 is 11.6 Å². The summed E-state index contributed by atoms with van der Waals surface area (Å²) >= 11 is 5.96. The molecule has 0 spiro atoms. The van der Waals surface area contributed by atoms with Crippen LogP contribution in [0.25, 0.3) is 0 Å². The van der Waals surface area contributed by atoms with Crippen LogP contribution in [0.2, 0.25) is 5.02 Å². The molecule has 0 radical (unpaired) electrons. The normalized spacial score (nSPS) is 10.5. The Morgan fingerprint density at radius 3 is 2.31 bits per heavy atom.